The molecule has 0 saturated heterocycles. The van der Waals surface area contributed by atoms with Crippen LogP contribution in [-0.4, -0.2) is 30.6 Å². The summed E-state index contributed by atoms with van der Waals surface area (Å²) in [5, 5.41) is 10.8. The van der Waals surface area contributed by atoms with Gasteiger partial charge in [0.2, 0.25) is 0 Å². The summed E-state index contributed by atoms with van der Waals surface area (Å²) in [6.07, 6.45) is 3.16. The van der Waals surface area contributed by atoms with Gasteiger partial charge in [-0.05, 0) is 13.8 Å². The van der Waals surface area contributed by atoms with E-state index in [2.05, 4.69) is 25.5 Å². The predicted octanol–water partition coefficient (Wildman–Crippen LogP) is 2.07. The minimum absolute atomic E-state index is 0.246. The van der Waals surface area contributed by atoms with E-state index in [1.807, 2.05) is 44.3 Å². The summed E-state index contributed by atoms with van der Waals surface area (Å²) in [5.74, 6) is 1.05. The van der Waals surface area contributed by atoms with Crippen LogP contribution in [0.5, 0.6) is 0 Å². The maximum atomic E-state index is 12.7. The van der Waals surface area contributed by atoms with Crippen molar-refractivity contribution < 1.29 is 4.79 Å². The Morgan fingerprint density at radius 2 is 2.00 bits per heavy atom. The van der Waals surface area contributed by atoms with Crippen LogP contribution in [0.2, 0.25) is 0 Å². The number of benzene rings is 1. The van der Waals surface area contributed by atoms with E-state index in [1.54, 1.807) is 24.0 Å². The van der Waals surface area contributed by atoms with Gasteiger partial charge in [-0.2, -0.15) is 0 Å². The van der Waals surface area contributed by atoms with E-state index < -0.39 is 0 Å². The van der Waals surface area contributed by atoms with Crippen molar-refractivity contribution in [1.82, 2.24) is 30.0 Å². The first-order valence-electron chi connectivity index (χ1n) is 7.60. The molecular weight excluding hydrogens is 304 g/mol. The third kappa shape index (κ3) is 3.15. The van der Waals surface area contributed by atoms with Crippen LogP contribution in [0.15, 0.2) is 42.9 Å². The average Bonchev–Trinajstić information content (AvgIpc) is 3.01. The molecule has 1 N–H and O–H groups in total. The fraction of sp³-hybridized carbons (Fsp3) is 0.235. The number of hydrogen-bond acceptors (Lipinski definition) is 5. The van der Waals surface area contributed by atoms with Gasteiger partial charge in [-0.1, -0.05) is 30.3 Å². The normalized spacial score (nSPS) is 12.0. The van der Waals surface area contributed by atoms with Crippen molar-refractivity contribution in [3.63, 3.8) is 0 Å². The van der Waals surface area contributed by atoms with E-state index in [1.165, 1.54) is 0 Å². The van der Waals surface area contributed by atoms with Crippen LogP contribution in [0.4, 0.5) is 0 Å². The van der Waals surface area contributed by atoms with Gasteiger partial charge in [-0.25, -0.2) is 9.97 Å². The number of carbonyl (C=O) groups excluding carboxylic acids is 1. The molecule has 2 heterocycles. The SMILES string of the molecule is Cc1ncc(C(=O)N[C@H](C)c2nncn2C)c(-c2ccccc2)n1. The second kappa shape index (κ2) is 6.57. The molecule has 0 aliphatic heterocycles. The Hall–Kier alpha value is -3.09. The Labute approximate surface area is 139 Å². The van der Waals surface area contributed by atoms with Crippen LogP contribution < -0.4 is 5.32 Å². The lowest BCUT2D eigenvalue weighted by atomic mass is 10.1. The zero-order valence-electron chi connectivity index (χ0n) is 13.8. The van der Waals surface area contributed by atoms with E-state index in [9.17, 15) is 4.79 Å². The lowest BCUT2D eigenvalue weighted by Gasteiger charge is -2.14. The van der Waals surface area contributed by atoms with Crippen molar-refractivity contribution in [2.45, 2.75) is 19.9 Å². The molecule has 2 aromatic heterocycles. The van der Waals surface area contributed by atoms with Gasteiger partial charge in [0.25, 0.3) is 5.91 Å². The Balaban J connectivity index is 1.92. The lowest BCUT2D eigenvalue weighted by Crippen LogP contribution is -2.29. The third-order valence-electron chi connectivity index (χ3n) is 3.68. The number of hydrogen-bond donors (Lipinski definition) is 1. The highest BCUT2D eigenvalue weighted by Gasteiger charge is 2.19. The Kier molecular flexibility index (Phi) is 4.33. The summed E-state index contributed by atoms with van der Waals surface area (Å²) in [6, 6.07) is 9.31. The van der Waals surface area contributed by atoms with E-state index in [-0.39, 0.29) is 11.9 Å². The van der Waals surface area contributed by atoms with Crippen molar-refractivity contribution in [3.8, 4) is 11.3 Å². The van der Waals surface area contributed by atoms with Crippen LogP contribution in [0.3, 0.4) is 0 Å². The molecular formula is C17H18N6O. The highest BCUT2D eigenvalue weighted by molar-refractivity contribution is 5.99. The summed E-state index contributed by atoms with van der Waals surface area (Å²) in [6.45, 7) is 3.66. The fourth-order valence-electron chi connectivity index (χ4n) is 2.48. The molecule has 1 aromatic carbocycles. The molecule has 0 aliphatic carbocycles. The molecule has 0 fully saturated rings. The van der Waals surface area contributed by atoms with E-state index in [0.29, 0.717) is 22.9 Å². The van der Waals surface area contributed by atoms with Crippen molar-refractivity contribution >= 4 is 5.91 Å². The standard InChI is InChI=1S/C17H18N6O/c1-11(16-22-19-10-23(16)3)20-17(24)14-9-18-12(2)21-15(14)13-7-5-4-6-8-13/h4-11H,1-3H3,(H,20,24)/t11-/m1/s1. The number of carbonyl (C=O) groups is 1. The Bertz CT molecular complexity index is 859. The molecule has 122 valence electrons. The van der Waals surface area contributed by atoms with Gasteiger partial charge in [-0.15, -0.1) is 10.2 Å². The van der Waals surface area contributed by atoms with E-state index >= 15 is 0 Å². The fourth-order valence-corrected chi connectivity index (χ4v) is 2.48. The summed E-state index contributed by atoms with van der Waals surface area (Å²) < 4.78 is 1.77. The van der Waals surface area contributed by atoms with Gasteiger partial charge in [0, 0.05) is 18.8 Å². The van der Waals surface area contributed by atoms with Crippen molar-refractivity contribution in [2.24, 2.45) is 7.05 Å². The molecule has 7 nitrogen and oxygen atoms in total. The zero-order valence-corrected chi connectivity index (χ0v) is 13.8. The smallest absolute Gasteiger partial charge is 0.255 e. The minimum Gasteiger partial charge on any atom is -0.342 e. The molecule has 0 radical (unpaired) electrons. The summed E-state index contributed by atoms with van der Waals surface area (Å²) in [5.41, 5.74) is 1.92. The number of amides is 1. The van der Waals surface area contributed by atoms with E-state index in [4.69, 9.17) is 0 Å². The first kappa shape index (κ1) is 15.8. The zero-order chi connectivity index (χ0) is 17.1. The van der Waals surface area contributed by atoms with Gasteiger partial charge in [0.15, 0.2) is 5.82 Å². The quantitative estimate of drug-likeness (QED) is 0.795. The van der Waals surface area contributed by atoms with Crippen LogP contribution in [-0.2, 0) is 7.05 Å². The summed E-state index contributed by atoms with van der Waals surface area (Å²) in [7, 11) is 1.84. The monoisotopic (exact) mass is 322 g/mol. The first-order chi connectivity index (χ1) is 11.6. The van der Waals surface area contributed by atoms with Gasteiger partial charge >= 0.3 is 0 Å². The maximum absolute atomic E-state index is 12.7. The minimum atomic E-state index is -0.282. The van der Waals surface area contributed by atoms with Gasteiger partial charge in [0.1, 0.15) is 12.2 Å². The average molecular weight is 322 g/mol. The van der Waals surface area contributed by atoms with Crippen molar-refractivity contribution in [3.05, 3.63) is 60.1 Å². The largest absolute Gasteiger partial charge is 0.342 e. The van der Waals surface area contributed by atoms with Crippen LogP contribution >= 0.6 is 0 Å². The Morgan fingerprint density at radius 1 is 1.25 bits per heavy atom. The molecule has 3 aromatic rings. The summed E-state index contributed by atoms with van der Waals surface area (Å²) in [4.78, 5) is 21.3. The van der Waals surface area contributed by atoms with Crippen molar-refractivity contribution in [1.29, 1.82) is 0 Å². The molecule has 0 spiro atoms. The number of nitrogens with zero attached hydrogens (tertiary/aromatic N) is 5. The third-order valence-corrected chi connectivity index (χ3v) is 3.68. The number of nitrogens with one attached hydrogen (secondary N) is 1. The molecule has 3 rings (SSSR count). The van der Waals surface area contributed by atoms with Crippen LogP contribution in [0, 0.1) is 6.92 Å². The number of aromatic nitrogens is 5. The topological polar surface area (TPSA) is 85.6 Å². The maximum Gasteiger partial charge on any atom is 0.255 e. The number of rotatable bonds is 4. The molecule has 7 heteroatoms. The molecule has 0 saturated carbocycles. The Morgan fingerprint density at radius 3 is 2.67 bits per heavy atom. The summed E-state index contributed by atoms with van der Waals surface area (Å²) >= 11 is 0. The first-order valence-corrected chi connectivity index (χ1v) is 7.60. The second-order valence-electron chi connectivity index (χ2n) is 5.54. The van der Waals surface area contributed by atoms with Crippen LogP contribution in [0.1, 0.15) is 35.0 Å². The molecule has 1 amide bonds. The van der Waals surface area contributed by atoms with Gasteiger partial charge in [-0.3, -0.25) is 4.79 Å². The second-order valence-corrected chi connectivity index (χ2v) is 5.54. The van der Waals surface area contributed by atoms with Gasteiger partial charge < -0.3 is 9.88 Å². The highest BCUT2D eigenvalue weighted by Crippen LogP contribution is 2.21. The highest BCUT2D eigenvalue weighted by atomic mass is 16.1. The predicted molar refractivity (Wildman–Crippen MR) is 89.1 cm³/mol. The molecule has 0 aliphatic rings. The molecule has 24 heavy (non-hydrogen) atoms. The van der Waals surface area contributed by atoms with Crippen LogP contribution in [0.25, 0.3) is 11.3 Å². The lowest BCUT2D eigenvalue weighted by molar-refractivity contribution is 0.0937. The molecule has 0 bridgehead atoms. The van der Waals surface area contributed by atoms with Crippen molar-refractivity contribution in [2.75, 3.05) is 0 Å². The van der Waals surface area contributed by atoms with Gasteiger partial charge in [0.05, 0.1) is 17.3 Å². The number of aryl methyl sites for hydroxylation is 2. The molecule has 0 unspecified atom stereocenters. The van der Waals surface area contributed by atoms with E-state index in [0.717, 1.165) is 5.56 Å². The molecule has 1 atom stereocenters.